The molecule has 27 heavy (non-hydrogen) atoms. The van der Waals surface area contributed by atoms with Gasteiger partial charge < -0.3 is 0 Å². The molecule has 3 aromatic carbocycles. The third-order valence-corrected chi connectivity index (χ3v) is 5.14. The minimum Gasteiger partial charge on any atom is -0.253 e. The van der Waals surface area contributed by atoms with Gasteiger partial charge in [-0.2, -0.15) is 0 Å². The maximum absolute atomic E-state index is 13.4. The summed E-state index contributed by atoms with van der Waals surface area (Å²) in [6.45, 7) is 0. The molecule has 1 aliphatic heterocycles. The van der Waals surface area contributed by atoms with Crippen LogP contribution in [0.25, 0.3) is 22.3 Å². The first-order valence-corrected chi connectivity index (χ1v) is 9.28. The average Bonchev–Trinajstić information content (AvgIpc) is 3.07. The molecule has 0 bridgehead atoms. The molecule has 0 atom stereocenters. The molecule has 6 heteroatoms. The Morgan fingerprint density at radius 3 is 1.85 bits per heavy atom. The Morgan fingerprint density at radius 1 is 0.741 bits per heavy atom. The van der Waals surface area contributed by atoms with Crippen LogP contribution in [0, 0.1) is 11.6 Å². The number of fused-ring (bicyclic) bond motifs is 1. The van der Waals surface area contributed by atoms with Crippen LogP contribution in [-0.4, -0.2) is 9.50 Å². The second-order valence-electron chi connectivity index (χ2n) is 6.27. The van der Waals surface area contributed by atoms with Crippen molar-refractivity contribution in [1.29, 1.82) is 0 Å². The number of alkyl halides is 3. The van der Waals surface area contributed by atoms with Crippen molar-refractivity contribution in [2.45, 2.75) is 10.2 Å². The number of hydrogen-bond acceptors (Lipinski definition) is 1. The van der Waals surface area contributed by atoms with Gasteiger partial charge in [0.1, 0.15) is 11.6 Å². The molecule has 1 nitrogen and oxygen atoms in total. The van der Waals surface area contributed by atoms with Gasteiger partial charge in [-0.15, -0.1) is 0 Å². The Bertz CT molecular complexity index is 1040. The number of rotatable bonds is 2. The second kappa shape index (κ2) is 6.90. The van der Waals surface area contributed by atoms with Gasteiger partial charge in [0.2, 0.25) is 3.79 Å². The third kappa shape index (κ3) is 3.73. The zero-order valence-electron chi connectivity index (χ0n) is 13.8. The van der Waals surface area contributed by atoms with Crippen molar-refractivity contribution in [3.05, 3.63) is 77.9 Å². The van der Waals surface area contributed by atoms with Crippen LogP contribution < -0.4 is 0 Å². The van der Waals surface area contributed by atoms with Crippen LogP contribution in [0.4, 0.5) is 14.5 Å². The van der Waals surface area contributed by atoms with Gasteiger partial charge in [0.05, 0.1) is 11.4 Å². The summed E-state index contributed by atoms with van der Waals surface area (Å²) in [7, 11) is 0. The Labute approximate surface area is 170 Å². The molecule has 1 aliphatic rings. The highest BCUT2D eigenvalue weighted by atomic mass is 35.6. The van der Waals surface area contributed by atoms with Crippen LogP contribution >= 0.6 is 34.8 Å². The van der Waals surface area contributed by atoms with E-state index >= 15 is 0 Å². The Balaban J connectivity index is 1.90. The fourth-order valence-electron chi connectivity index (χ4n) is 3.15. The zero-order chi connectivity index (χ0) is 19.2. The Kier molecular flexibility index (Phi) is 4.71. The van der Waals surface area contributed by atoms with Crippen molar-refractivity contribution >= 4 is 46.2 Å². The van der Waals surface area contributed by atoms with Gasteiger partial charge in [-0.1, -0.05) is 59.1 Å². The summed E-state index contributed by atoms with van der Waals surface area (Å²) in [5.74, 6) is -0.626. The average molecular weight is 423 g/mol. The van der Waals surface area contributed by atoms with E-state index in [0.717, 1.165) is 27.8 Å². The minimum atomic E-state index is -1.60. The minimum absolute atomic E-state index is 0.310. The molecule has 1 heterocycles. The maximum Gasteiger partial charge on any atom is 0.229 e. The Morgan fingerprint density at radius 2 is 1.30 bits per heavy atom. The van der Waals surface area contributed by atoms with E-state index < -0.39 is 3.79 Å². The fourth-order valence-corrected chi connectivity index (χ4v) is 3.48. The molecule has 0 aromatic heterocycles. The van der Waals surface area contributed by atoms with Gasteiger partial charge in [-0.25, -0.2) is 8.78 Å². The molecule has 0 saturated heterocycles. The highest BCUT2D eigenvalue weighted by Crippen LogP contribution is 2.43. The van der Waals surface area contributed by atoms with Crippen molar-refractivity contribution < 1.29 is 8.78 Å². The first-order chi connectivity index (χ1) is 12.8. The summed E-state index contributed by atoms with van der Waals surface area (Å²) in [6.07, 6.45) is 0.391. The van der Waals surface area contributed by atoms with Crippen LogP contribution in [-0.2, 0) is 6.42 Å². The number of nitrogens with zero attached hydrogens (tertiary/aromatic N) is 1. The standard InChI is InChI=1S/C21H12Cl3F2N/c22-21(23,24)20-11-18-17(13-3-7-16(26)8-4-13)9-14(10-19(18)27-20)12-1-5-15(25)6-2-12/h1-10H,11H2. The lowest BCUT2D eigenvalue weighted by Crippen LogP contribution is -2.18. The van der Waals surface area contributed by atoms with Crippen molar-refractivity contribution in [3.8, 4) is 22.3 Å². The molecule has 0 saturated carbocycles. The Hall–Kier alpha value is -1.94. The molecule has 0 spiro atoms. The highest BCUT2D eigenvalue weighted by molar-refractivity contribution is 6.77. The molecule has 0 radical (unpaired) electrons. The lowest BCUT2D eigenvalue weighted by atomic mass is 9.92. The number of aliphatic imine (C=N–C) groups is 1. The molecule has 0 aliphatic carbocycles. The summed E-state index contributed by atoms with van der Waals surface area (Å²) in [6, 6.07) is 16.2. The molecular weight excluding hydrogens is 411 g/mol. The summed E-state index contributed by atoms with van der Waals surface area (Å²) >= 11 is 18.1. The number of hydrogen-bond donors (Lipinski definition) is 0. The maximum atomic E-state index is 13.4. The summed E-state index contributed by atoms with van der Waals surface area (Å²) in [4.78, 5) is 4.50. The van der Waals surface area contributed by atoms with E-state index in [1.165, 1.54) is 24.3 Å². The van der Waals surface area contributed by atoms with Gasteiger partial charge in [-0.3, -0.25) is 4.99 Å². The third-order valence-electron chi connectivity index (χ3n) is 4.49. The van der Waals surface area contributed by atoms with Crippen molar-refractivity contribution in [3.63, 3.8) is 0 Å². The topological polar surface area (TPSA) is 12.4 Å². The molecule has 0 amide bonds. The van der Waals surface area contributed by atoms with E-state index in [1.54, 1.807) is 24.3 Å². The van der Waals surface area contributed by atoms with E-state index in [1.807, 2.05) is 12.1 Å². The number of halogens is 5. The van der Waals surface area contributed by atoms with Crippen molar-refractivity contribution in [2.75, 3.05) is 0 Å². The normalized spacial score (nSPS) is 13.4. The van der Waals surface area contributed by atoms with Crippen molar-refractivity contribution in [1.82, 2.24) is 0 Å². The summed E-state index contributed by atoms with van der Waals surface area (Å²) < 4.78 is 25.0. The van der Waals surface area contributed by atoms with E-state index in [9.17, 15) is 8.78 Å². The van der Waals surface area contributed by atoms with Gasteiger partial charge in [-0.05, 0) is 64.2 Å². The van der Waals surface area contributed by atoms with E-state index in [0.29, 0.717) is 17.8 Å². The molecule has 136 valence electrons. The van der Waals surface area contributed by atoms with Gasteiger partial charge in [0, 0.05) is 6.42 Å². The van der Waals surface area contributed by atoms with E-state index in [4.69, 9.17) is 34.8 Å². The zero-order valence-corrected chi connectivity index (χ0v) is 16.1. The van der Waals surface area contributed by atoms with Crippen LogP contribution in [0.5, 0.6) is 0 Å². The van der Waals surface area contributed by atoms with E-state index in [-0.39, 0.29) is 11.6 Å². The lowest BCUT2D eigenvalue weighted by Gasteiger charge is -2.13. The first kappa shape index (κ1) is 18.4. The van der Waals surface area contributed by atoms with E-state index in [2.05, 4.69) is 4.99 Å². The van der Waals surface area contributed by atoms with Gasteiger partial charge in [0.15, 0.2) is 0 Å². The first-order valence-electron chi connectivity index (χ1n) is 8.15. The van der Waals surface area contributed by atoms with Gasteiger partial charge in [0.25, 0.3) is 0 Å². The molecular formula is C21H12Cl3F2N. The summed E-state index contributed by atoms with van der Waals surface area (Å²) in [5.41, 5.74) is 5.42. The smallest absolute Gasteiger partial charge is 0.229 e. The highest BCUT2D eigenvalue weighted by Gasteiger charge is 2.33. The van der Waals surface area contributed by atoms with Crippen molar-refractivity contribution in [2.24, 2.45) is 4.99 Å². The largest absolute Gasteiger partial charge is 0.253 e. The second-order valence-corrected chi connectivity index (χ2v) is 8.55. The predicted octanol–water partition coefficient (Wildman–Crippen LogP) is 7.30. The van der Waals surface area contributed by atoms with Crippen LogP contribution in [0.1, 0.15) is 5.56 Å². The fraction of sp³-hybridized carbons (Fsp3) is 0.0952. The molecule has 3 aromatic rings. The molecule has 0 unspecified atom stereocenters. The SMILES string of the molecule is Fc1ccc(-c2cc3c(c(-c4ccc(F)cc4)c2)CC(C(Cl)(Cl)Cl)=N3)cc1. The summed E-state index contributed by atoms with van der Waals surface area (Å²) in [5, 5.41) is 0. The van der Waals surface area contributed by atoms with Crippen LogP contribution in [0.3, 0.4) is 0 Å². The molecule has 0 N–H and O–H groups in total. The van der Waals surface area contributed by atoms with Crippen LogP contribution in [0.15, 0.2) is 65.7 Å². The molecule has 4 rings (SSSR count). The van der Waals surface area contributed by atoms with Crippen LogP contribution in [0.2, 0.25) is 0 Å². The van der Waals surface area contributed by atoms with Gasteiger partial charge >= 0.3 is 0 Å². The lowest BCUT2D eigenvalue weighted by molar-refractivity contribution is 0.627. The quantitative estimate of drug-likeness (QED) is 0.384. The monoisotopic (exact) mass is 421 g/mol. The number of benzene rings is 3. The molecule has 0 fully saturated rings. The predicted molar refractivity (Wildman–Crippen MR) is 108 cm³/mol.